The molecule has 0 unspecified atom stereocenters. The zero-order valence-corrected chi connectivity index (χ0v) is 12.4. The minimum absolute atomic E-state index is 0.0502. The van der Waals surface area contributed by atoms with E-state index in [4.69, 9.17) is 0 Å². The van der Waals surface area contributed by atoms with Crippen LogP contribution in [0.4, 0.5) is 13.2 Å². The highest BCUT2D eigenvalue weighted by atomic mass is 19.4. The Hall–Kier alpha value is -1.96. The van der Waals surface area contributed by atoms with Crippen LogP contribution >= 0.6 is 0 Å². The number of hydrazone groups is 1. The molecule has 1 aromatic rings. The van der Waals surface area contributed by atoms with Gasteiger partial charge in [-0.3, -0.25) is 9.78 Å². The summed E-state index contributed by atoms with van der Waals surface area (Å²) in [6, 6.07) is 2.79. The lowest BCUT2D eigenvalue weighted by Gasteiger charge is -2.39. The average Bonchev–Trinajstić information content (AvgIpc) is 2.83. The predicted octanol–water partition coefficient (Wildman–Crippen LogP) is 2.58. The molecular formula is C15H16F3N3O2. The molecule has 2 aliphatic rings. The first-order chi connectivity index (χ1) is 10.8. The first-order valence-corrected chi connectivity index (χ1v) is 7.39. The van der Waals surface area contributed by atoms with Crippen LogP contribution in [-0.2, 0) is 0 Å². The first-order valence-electron chi connectivity index (χ1n) is 7.39. The molecule has 3 atom stereocenters. The molecule has 1 aromatic heterocycles. The molecule has 1 aliphatic carbocycles. The van der Waals surface area contributed by atoms with Gasteiger partial charge in [-0.2, -0.15) is 23.3 Å². The molecule has 1 N–H and O–H groups in total. The Labute approximate surface area is 130 Å². The van der Waals surface area contributed by atoms with E-state index in [2.05, 4.69) is 10.1 Å². The number of fused-ring (bicyclic) bond motifs is 1. The Bertz CT molecular complexity index is 647. The summed E-state index contributed by atoms with van der Waals surface area (Å²) in [7, 11) is 0. The SMILES string of the molecule is C[C@@H]1CCC[C@@H]2C1=NN(C(=O)c1cccnc1)[C@@]2(O)C(F)(F)F. The number of pyridine rings is 1. The van der Waals surface area contributed by atoms with Gasteiger partial charge in [0, 0.05) is 18.1 Å². The van der Waals surface area contributed by atoms with Crippen LogP contribution in [0.2, 0.25) is 0 Å². The fourth-order valence-corrected chi connectivity index (χ4v) is 3.31. The minimum atomic E-state index is -5.00. The van der Waals surface area contributed by atoms with Gasteiger partial charge in [-0.1, -0.05) is 13.3 Å². The molecule has 1 fully saturated rings. The number of aromatic nitrogens is 1. The fraction of sp³-hybridized carbons (Fsp3) is 0.533. The number of hydrogen-bond acceptors (Lipinski definition) is 4. The van der Waals surface area contributed by atoms with Gasteiger partial charge in [0.2, 0.25) is 0 Å². The van der Waals surface area contributed by atoms with Crippen molar-refractivity contribution in [2.75, 3.05) is 0 Å². The monoisotopic (exact) mass is 327 g/mol. The molecule has 0 aromatic carbocycles. The second kappa shape index (κ2) is 5.30. The van der Waals surface area contributed by atoms with Gasteiger partial charge in [-0.15, -0.1) is 0 Å². The number of nitrogens with zero attached hydrogens (tertiary/aromatic N) is 3. The predicted molar refractivity (Wildman–Crippen MR) is 75.4 cm³/mol. The highest BCUT2D eigenvalue weighted by Crippen LogP contribution is 2.49. The molecule has 1 saturated carbocycles. The van der Waals surface area contributed by atoms with Crippen LogP contribution in [-0.4, -0.2) is 38.6 Å². The third kappa shape index (κ3) is 2.32. The van der Waals surface area contributed by atoms with E-state index < -0.39 is 23.7 Å². The first kappa shape index (κ1) is 15.9. The van der Waals surface area contributed by atoms with Gasteiger partial charge in [-0.05, 0) is 30.9 Å². The van der Waals surface area contributed by atoms with Crippen molar-refractivity contribution in [1.82, 2.24) is 9.99 Å². The van der Waals surface area contributed by atoms with E-state index >= 15 is 0 Å². The van der Waals surface area contributed by atoms with Crippen molar-refractivity contribution in [1.29, 1.82) is 0 Å². The summed E-state index contributed by atoms with van der Waals surface area (Å²) in [5, 5.41) is 14.6. The van der Waals surface area contributed by atoms with E-state index in [1.165, 1.54) is 18.3 Å². The average molecular weight is 327 g/mol. The van der Waals surface area contributed by atoms with Crippen molar-refractivity contribution in [3.8, 4) is 0 Å². The third-order valence-electron chi connectivity index (χ3n) is 4.53. The number of carbonyl (C=O) groups is 1. The van der Waals surface area contributed by atoms with Crippen molar-refractivity contribution in [2.24, 2.45) is 16.9 Å². The zero-order chi connectivity index (χ0) is 16.8. The third-order valence-corrected chi connectivity index (χ3v) is 4.53. The Kier molecular flexibility index (Phi) is 3.66. The lowest BCUT2D eigenvalue weighted by atomic mass is 9.75. The van der Waals surface area contributed by atoms with Gasteiger partial charge in [-0.25, -0.2) is 0 Å². The van der Waals surface area contributed by atoms with Crippen molar-refractivity contribution >= 4 is 11.6 Å². The summed E-state index contributed by atoms with van der Waals surface area (Å²) in [5.74, 6) is -2.42. The topological polar surface area (TPSA) is 65.8 Å². The number of carbonyl (C=O) groups excluding carboxylic acids is 1. The quantitative estimate of drug-likeness (QED) is 0.862. The molecule has 0 bridgehead atoms. The van der Waals surface area contributed by atoms with Gasteiger partial charge in [0.25, 0.3) is 11.6 Å². The number of halogens is 3. The molecular weight excluding hydrogens is 311 g/mol. The second-order valence-electron chi connectivity index (χ2n) is 5.99. The van der Waals surface area contributed by atoms with Crippen LogP contribution in [0.25, 0.3) is 0 Å². The Morgan fingerprint density at radius 2 is 2.17 bits per heavy atom. The maximum absolute atomic E-state index is 13.6. The van der Waals surface area contributed by atoms with E-state index in [0.29, 0.717) is 12.8 Å². The summed E-state index contributed by atoms with van der Waals surface area (Å²) < 4.78 is 40.9. The van der Waals surface area contributed by atoms with E-state index in [1.54, 1.807) is 6.92 Å². The van der Waals surface area contributed by atoms with E-state index in [9.17, 15) is 23.1 Å². The van der Waals surface area contributed by atoms with E-state index in [-0.39, 0.29) is 28.6 Å². The van der Waals surface area contributed by atoms with Gasteiger partial charge in [0.1, 0.15) is 0 Å². The van der Waals surface area contributed by atoms with Gasteiger partial charge >= 0.3 is 6.18 Å². The van der Waals surface area contributed by atoms with E-state index in [1.807, 2.05) is 0 Å². The molecule has 1 aliphatic heterocycles. The lowest BCUT2D eigenvalue weighted by Crippen LogP contribution is -2.61. The van der Waals surface area contributed by atoms with Crippen LogP contribution in [0.15, 0.2) is 29.6 Å². The van der Waals surface area contributed by atoms with Crippen molar-refractivity contribution in [2.45, 2.75) is 38.1 Å². The molecule has 1 amide bonds. The normalized spacial score (nSPS) is 30.8. The molecule has 23 heavy (non-hydrogen) atoms. The van der Waals surface area contributed by atoms with Crippen molar-refractivity contribution < 1.29 is 23.1 Å². The summed E-state index contributed by atoms with van der Waals surface area (Å²) in [6.45, 7) is 1.76. The van der Waals surface area contributed by atoms with Crippen molar-refractivity contribution in [3.05, 3.63) is 30.1 Å². The molecule has 8 heteroatoms. The number of alkyl halides is 3. The summed E-state index contributed by atoms with van der Waals surface area (Å²) in [5.41, 5.74) is -3.11. The summed E-state index contributed by atoms with van der Waals surface area (Å²) in [6.07, 6.45) is -1.04. The summed E-state index contributed by atoms with van der Waals surface area (Å²) >= 11 is 0. The van der Waals surface area contributed by atoms with Gasteiger partial charge < -0.3 is 5.11 Å². The number of aliphatic hydroxyl groups is 1. The molecule has 5 nitrogen and oxygen atoms in total. The Balaban J connectivity index is 2.07. The molecule has 124 valence electrons. The molecule has 3 rings (SSSR count). The van der Waals surface area contributed by atoms with Crippen molar-refractivity contribution in [3.63, 3.8) is 0 Å². The summed E-state index contributed by atoms with van der Waals surface area (Å²) in [4.78, 5) is 16.2. The van der Waals surface area contributed by atoms with Crippen LogP contribution in [0.5, 0.6) is 0 Å². The number of hydrogen-bond donors (Lipinski definition) is 1. The van der Waals surface area contributed by atoms with Crippen LogP contribution in [0.1, 0.15) is 36.5 Å². The highest BCUT2D eigenvalue weighted by molar-refractivity contribution is 5.99. The molecule has 0 radical (unpaired) electrons. The van der Waals surface area contributed by atoms with Gasteiger partial charge in [0.15, 0.2) is 0 Å². The maximum atomic E-state index is 13.6. The Morgan fingerprint density at radius 1 is 1.43 bits per heavy atom. The lowest BCUT2D eigenvalue weighted by molar-refractivity contribution is -0.312. The number of rotatable bonds is 1. The Morgan fingerprint density at radius 3 is 2.78 bits per heavy atom. The fourth-order valence-electron chi connectivity index (χ4n) is 3.31. The molecule has 0 saturated heterocycles. The standard InChI is InChI=1S/C15H16F3N3O2/c1-9-4-2-6-11-12(9)20-21(14(11,23)15(16,17)18)13(22)10-5-3-7-19-8-10/h3,5,7-9,11,23H,2,4,6H2,1H3/t9-,11-,14+/m1/s1. The zero-order valence-electron chi connectivity index (χ0n) is 12.4. The van der Waals surface area contributed by atoms with Crippen LogP contribution in [0.3, 0.4) is 0 Å². The van der Waals surface area contributed by atoms with E-state index in [0.717, 1.165) is 6.20 Å². The van der Waals surface area contributed by atoms with Gasteiger partial charge in [0.05, 0.1) is 11.5 Å². The highest BCUT2D eigenvalue weighted by Gasteiger charge is 2.69. The molecule has 0 spiro atoms. The molecule has 2 heterocycles. The number of amides is 1. The largest absolute Gasteiger partial charge is 0.439 e. The van der Waals surface area contributed by atoms with Crippen LogP contribution in [0, 0.1) is 11.8 Å². The van der Waals surface area contributed by atoms with Crippen LogP contribution < -0.4 is 0 Å². The second-order valence-corrected chi connectivity index (χ2v) is 5.99. The smallest absolute Gasteiger partial charge is 0.362 e. The maximum Gasteiger partial charge on any atom is 0.439 e. The minimum Gasteiger partial charge on any atom is -0.362 e.